The van der Waals surface area contributed by atoms with Crippen molar-refractivity contribution in [2.45, 2.75) is 14.4 Å². The summed E-state index contributed by atoms with van der Waals surface area (Å²) in [5.74, 6) is 0.834. The van der Waals surface area contributed by atoms with Crippen molar-refractivity contribution in [2.24, 2.45) is 5.10 Å². The molecule has 0 spiro atoms. The minimum Gasteiger partial charge on any atom is -0.378 e. The van der Waals surface area contributed by atoms with Gasteiger partial charge in [-0.1, -0.05) is 70.7 Å². The largest absolute Gasteiger partial charge is 0.378 e. The maximum Gasteiger partial charge on any atom is 0.250 e. The number of nitrogens with one attached hydrogen (secondary N) is 1. The lowest BCUT2D eigenvalue weighted by Gasteiger charge is -2.11. The van der Waals surface area contributed by atoms with E-state index in [1.54, 1.807) is 18.0 Å². The number of anilines is 1. The molecule has 0 aliphatic carbocycles. The highest BCUT2D eigenvalue weighted by atomic mass is 35.5. The van der Waals surface area contributed by atoms with Gasteiger partial charge in [-0.15, -0.1) is 10.2 Å². The van der Waals surface area contributed by atoms with E-state index in [0.717, 1.165) is 30.7 Å². The number of carbonyl (C=O) groups excluding carboxylic acids is 1. The van der Waals surface area contributed by atoms with Crippen LogP contribution in [-0.2, 0) is 10.5 Å². The van der Waals surface area contributed by atoms with Crippen LogP contribution in [0.3, 0.4) is 0 Å². The Kier molecular flexibility index (Phi) is 8.56. The maximum absolute atomic E-state index is 12.0. The number of thioether (sulfide) groups is 2. The van der Waals surface area contributed by atoms with Gasteiger partial charge in [-0.25, -0.2) is 5.43 Å². The van der Waals surface area contributed by atoms with E-state index >= 15 is 0 Å². The lowest BCUT2D eigenvalue weighted by molar-refractivity contribution is -0.118. The second kappa shape index (κ2) is 11.4. The number of benzene rings is 2. The minimum absolute atomic E-state index is 0.188. The molecule has 3 rings (SSSR count). The van der Waals surface area contributed by atoms with Gasteiger partial charge < -0.3 is 4.90 Å². The van der Waals surface area contributed by atoms with Crippen molar-refractivity contribution in [2.75, 3.05) is 24.7 Å². The number of halogens is 1. The molecule has 1 aromatic heterocycles. The first-order valence-corrected chi connectivity index (χ1v) is 12.1. The summed E-state index contributed by atoms with van der Waals surface area (Å²) in [5, 5.41) is 13.0. The predicted octanol–water partition coefficient (Wildman–Crippen LogP) is 4.79. The Morgan fingerprint density at radius 3 is 2.43 bits per heavy atom. The molecule has 30 heavy (non-hydrogen) atoms. The molecule has 0 fully saturated rings. The molecule has 156 valence electrons. The molecule has 3 aromatic rings. The summed E-state index contributed by atoms with van der Waals surface area (Å²) >= 11 is 10.3. The quantitative estimate of drug-likeness (QED) is 0.271. The van der Waals surface area contributed by atoms with E-state index in [-0.39, 0.29) is 11.7 Å². The van der Waals surface area contributed by atoms with E-state index < -0.39 is 0 Å². The Labute approximate surface area is 193 Å². The Morgan fingerprint density at radius 1 is 1.10 bits per heavy atom. The Balaban J connectivity index is 1.39. The molecule has 1 N–H and O–H groups in total. The van der Waals surface area contributed by atoms with Crippen LogP contribution in [0.25, 0.3) is 0 Å². The topological polar surface area (TPSA) is 70.5 Å². The van der Waals surface area contributed by atoms with Gasteiger partial charge in [0, 0.05) is 30.6 Å². The first-order chi connectivity index (χ1) is 14.5. The molecule has 1 heterocycles. The van der Waals surface area contributed by atoms with Crippen molar-refractivity contribution in [3.8, 4) is 0 Å². The fourth-order valence-corrected chi connectivity index (χ4v) is 5.13. The molecule has 0 radical (unpaired) electrons. The van der Waals surface area contributed by atoms with Crippen LogP contribution in [0.5, 0.6) is 0 Å². The van der Waals surface area contributed by atoms with Crippen molar-refractivity contribution >= 4 is 64.3 Å². The molecule has 10 heteroatoms. The molecule has 0 unspecified atom stereocenters. The van der Waals surface area contributed by atoms with Gasteiger partial charge in [0.05, 0.1) is 12.0 Å². The highest BCUT2D eigenvalue weighted by molar-refractivity contribution is 8.03. The number of rotatable bonds is 9. The summed E-state index contributed by atoms with van der Waals surface area (Å²) in [6.45, 7) is 0. The number of hydrazone groups is 1. The number of nitrogens with zero attached hydrogens (tertiary/aromatic N) is 4. The Bertz CT molecular complexity index is 990. The molecular formula is C20H20ClN5OS3. The molecule has 0 saturated heterocycles. The minimum atomic E-state index is -0.188. The summed E-state index contributed by atoms with van der Waals surface area (Å²) in [6.07, 6.45) is 1.62. The monoisotopic (exact) mass is 477 g/mol. The van der Waals surface area contributed by atoms with Gasteiger partial charge in [-0.05, 0) is 35.4 Å². The molecule has 0 saturated carbocycles. The number of carbonyl (C=O) groups is 1. The highest BCUT2D eigenvalue weighted by Gasteiger charge is 2.08. The van der Waals surface area contributed by atoms with Gasteiger partial charge in [-0.2, -0.15) is 5.10 Å². The van der Waals surface area contributed by atoms with Gasteiger partial charge in [0.2, 0.25) is 0 Å². The van der Waals surface area contributed by atoms with Crippen LogP contribution in [-0.4, -0.2) is 42.2 Å². The Morgan fingerprint density at radius 2 is 1.77 bits per heavy atom. The molecule has 0 atom stereocenters. The average molecular weight is 478 g/mol. The van der Waals surface area contributed by atoms with E-state index in [1.807, 2.05) is 67.5 Å². The highest BCUT2D eigenvalue weighted by Crippen LogP contribution is 2.30. The Hall–Kier alpha value is -2.07. The van der Waals surface area contributed by atoms with Crippen LogP contribution >= 0.6 is 46.5 Å². The fourth-order valence-electron chi connectivity index (χ4n) is 2.24. The summed E-state index contributed by atoms with van der Waals surface area (Å²) < 4.78 is 1.62. The van der Waals surface area contributed by atoms with Crippen molar-refractivity contribution in [3.63, 3.8) is 0 Å². The smallest absolute Gasteiger partial charge is 0.250 e. The maximum atomic E-state index is 12.0. The lowest BCUT2D eigenvalue weighted by atomic mass is 10.2. The average Bonchev–Trinajstić information content (AvgIpc) is 3.20. The molecule has 0 bridgehead atoms. The molecule has 2 aromatic carbocycles. The molecule has 0 aliphatic rings. The van der Waals surface area contributed by atoms with Crippen LogP contribution in [0.4, 0.5) is 5.69 Å². The van der Waals surface area contributed by atoms with Crippen molar-refractivity contribution < 1.29 is 4.79 Å². The second-order valence-electron chi connectivity index (χ2n) is 6.32. The van der Waals surface area contributed by atoms with Crippen LogP contribution in [0, 0.1) is 0 Å². The van der Waals surface area contributed by atoms with E-state index in [2.05, 4.69) is 20.7 Å². The summed E-state index contributed by atoms with van der Waals surface area (Å²) in [7, 11) is 3.97. The second-order valence-corrected chi connectivity index (χ2v) is 10.2. The normalized spacial score (nSPS) is 11.0. The van der Waals surface area contributed by atoms with Gasteiger partial charge in [0.1, 0.15) is 0 Å². The number of hydrogen-bond donors (Lipinski definition) is 1. The van der Waals surface area contributed by atoms with Gasteiger partial charge in [0.25, 0.3) is 5.91 Å². The predicted molar refractivity (Wildman–Crippen MR) is 128 cm³/mol. The van der Waals surface area contributed by atoms with Crippen LogP contribution in [0.15, 0.2) is 62.3 Å². The summed E-state index contributed by atoms with van der Waals surface area (Å²) in [6, 6.07) is 15.6. The van der Waals surface area contributed by atoms with Crippen LogP contribution in [0.2, 0.25) is 5.02 Å². The first-order valence-electron chi connectivity index (χ1n) is 8.92. The van der Waals surface area contributed by atoms with E-state index in [1.165, 1.54) is 28.7 Å². The molecule has 0 aliphatic heterocycles. The van der Waals surface area contributed by atoms with Gasteiger partial charge in [-0.3, -0.25) is 4.79 Å². The summed E-state index contributed by atoms with van der Waals surface area (Å²) in [5.41, 5.74) is 5.73. The van der Waals surface area contributed by atoms with Crippen molar-refractivity contribution in [3.05, 3.63) is 64.7 Å². The lowest BCUT2D eigenvalue weighted by Crippen LogP contribution is -2.19. The molecule has 6 nitrogen and oxygen atoms in total. The fraction of sp³-hybridized carbons (Fsp3) is 0.200. The third-order valence-electron chi connectivity index (χ3n) is 3.80. The van der Waals surface area contributed by atoms with E-state index in [4.69, 9.17) is 11.6 Å². The summed E-state index contributed by atoms with van der Waals surface area (Å²) in [4.78, 5) is 14.0. The third-order valence-corrected chi connectivity index (χ3v) is 7.32. The van der Waals surface area contributed by atoms with Crippen molar-refractivity contribution in [1.29, 1.82) is 0 Å². The van der Waals surface area contributed by atoms with Crippen molar-refractivity contribution in [1.82, 2.24) is 15.6 Å². The SMILES string of the molecule is CN(C)c1ccc(/C=N/NC(=O)CSc2nnc(SCc3ccc(Cl)cc3)s2)cc1. The zero-order valence-corrected chi connectivity index (χ0v) is 19.6. The molecular weight excluding hydrogens is 458 g/mol. The van der Waals surface area contributed by atoms with Gasteiger partial charge in [0.15, 0.2) is 8.68 Å². The van der Waals surface area contributed by atoms with Gasteiger partial charge >= 0.3 is 0 Å². The zero-order chi connectivity index (χ0) is 21.3. The van der Waals surface area contributed by atoms with E-state index in [9.17, 15) is 4.79 Å². The van der Waals surface area contributed by atoms with Crippen LogP contribution in [0.1, 0.15) is 11.1 Å². The number of hydrogen-bond acceptors (Lipinski definition) is 8. The standard InChI is InChI=1S/C20H20ClN5OS3/c1-26(2)17-9-5-14(6-10-17)11-22-23-18(27)13-29-20-25-24-19(30-20)28-12-15-3-7-16(21)8-4-15/h3-11H,12-13H2,1-2H3,(H,23,27)/b22-11+. The van der Waals surface area contributed by atoms with E-state index in [0.29, 0.717) is 0 Å². The third kappa shape index (κ3) is 7.32. The van der Waals surface area contributed by atoms with Crippen LogP contribution < -0.4 is 10.3 Å². The number of aromatic nitrogens is 2. The zero-order valence-electron chi connectivity index (χ0n) is 16.4. The first kappa shape index (κ1) is 22.6. The molecule has 1 amide bonds. The number of amides is 1.